The predicted octanol–water partition coefficient (Wildman–Crippen LogP) is 1.72. The van der Waals surface area contributed by atoms with Crippen LogP contribution < -0.4 is 0 Å². The summed E-state index contributed by atoms with van der Waals surface area (Å²) >= 11 is 1.34. The Bertz CT molecular complexity index is 359. The third kappa shape index (κ3) is 2.22. The van der Waals surface area contributed by atoms with E-state index in [9.17, 15) is 4.79 Å². The van der Waals surface area contributed by atoms with Gasteiger partial charge in [0, 0.05) is 16.3 Å². The van der Waals surface area contributed by atoms with Crippen LogP contribution in [0.3, 0.4) is 0 Å². The number of carboxylic acids is 1. The molecule has 1 aromatic heterocycles. The number of rotatable bonds is 2. The molecular weight excluding hydrogens is 174 g/mol. The molecule has 12 heavy (non-hydrogen) atoms. The van der Waals surface area contributed by atoms with Gasteiger partial charge < -0.3 is 5.11 Å². The molecule has 0 aliphatic heterocycles. The van der Waals surface area contributed by atoms with E-state index in [-0.39, 0.29) is 0 Å². The zero-order valence-electron chi connectivity index (χ0n) is 6.02. The van der Waals surface area contributed by atoms with Crippen molar-refractivity contribution in [2.24, 2.45) is 0 Å². The molecule has 0 radical (unpaired) electrons. The van der Waals surface area contributed by atoms with Gasteiger partial charge >= 0.3 is 5.97 Å². The first kappa shape index (κ1) is 8.50. The molecule has 3 nitrogen and oxygen atoms in total. The Morgan fingerprint density at radius 2 is 2.50 bits per heavy atom. The molecule has 0 aromatic carbocycles. The van der Waals surface area contributed by atoms with Gasteiger partial charge in [-0.1, -0.05) is 0 Å². The highest BCUT2D eigenvalue weighted by atomic mass is 32.1. The molecule has 0 aliphatic carbocycles. The average molecular weight is 179 g/mol. The van der Waals surface area contributed by atoms with Crippen molar-refractivity contribution in [2.75, 3.05) is 0 Å². The number of nitrogens with zero attached hydrogens (tertiary/aromatic N) is 1. The highest BCUT2D eigenvalue weighted by Gasteiger charge is 1.95. The molecule has 0 bridgehead atoms. The Kier molecular flexibility index (Phi) is 2.62. The Balaban J connectivity index is 2.78. The number of carboxylic acid groups (broad SMARTS) is 1. The number of carbonyl (C=O) groups is 1. The van der Waals surface area contributed by atoms with Crippen LogP contribution in [0.1, 0.15) is 10.4 Å². The normalized spacial score (nSPS) is 9.92. The quantitative estimate of drug-likeness (QED) is 0.703. The summed E-state index contributed by atoms with van der Waals surface area (Å²) in [6, 6.07) is 3.61. The number of nitriles is 1. The van der Waals surface area contributed by atoms with Gasteiger partial charge in [0.25, 0.3) is 0 Å². The fourth-order valence-corrected chi connectivity index (χ4v) is 1.38. The molecule has 4 heteroatoms. The lowest BCUT2D eigenvalue weighted by Gasteiger charge is -1.79. The average Bonchev–Trinajstić information content (AvgIpc) is 2.48. The molecule has 1 N–H and O–H groups in total. The van der Waals surface area contributed by atoms with Crippen molar-refractivity contribution in [1.29, 1.82) is 5.26 Å². The van der Waals surface area contributed by atoms with Gasteiger partial charge in [0.15, 0.2) is 0 Å². The third-order valence-corrected chi connectivity index (χ3v) is 2.04. The van der Waals surface area contributed by atoms with Crippen molar-refractivity contribution in [3.05, 3.63) is 28.0 Å². The van der Waals surface area contributed by atoms with Crippen LogP contribution in [0.5, 0.6) is 0 Å². The number of hydrogen-bond acceptors (Lipinski definition) is 3. The zero-order chi connectivity index (χ0) is 8.97. The largest absolute Gasteiger partial charge is 0.478 e. The summed E-state index contributed by atoms with van der Waals surface area (Å²) in [4.78, 5) is 10.9. The van der Waals surface area contributed by atoms with E-state index in [1.807, 2.05) is 6.07 Å². The van der Waals surface area contributed by atoms with Crippen LogP contribution in [0.15, 0.2) is 17.5 Å². The maximum atomic E-state index is 10.1. The molecule has 0 unspecified atom stereocenters. The first-order valence-electron chi connectivity index (χ1n) is 3.12. The van der Waals surface area contributed by atoms with Crippen LogP contribution in [0.2, 0.25) is 0 Å². The predicted molar refractivity (Wildman–Crippen MR) is 45.7 cm³/mol. The summed E-state index contributed by atoms with van der Waals surface area (Å²) in [5.41, 5.74) is 0.560. The van der Waals surface area contributed by atoms with Crippen LogP contribution in [-0.2, 0) is 4.79 Å². The Morgan fingerprint density at radius 1 is 1.75 bits per heavy atom. The monoisotopic (exact) mass is 179 g/mol. The van der Waals surface area contributed by atoms with Crippen molar-refractivity contribution in [2.45, 2.75) is 0 Å². The van der Waals surface area contributed by atoms with Gasteiger partial charge in [-0.3, -0.25) is 0 Å². The van der Waals surface area contributed by atoms with Crippen molar-refractivity contribution in [1.82, 2.24) is 0 Å². The Labute approximate surface area is 73.2 Å². The van der Waals surface area contributed by atoms with Gasteiger partial charge in [-0.25, -0.2) is 4.79 Å². The van der Waals surface area contributed by atoms with E-state index in [0.29, 0.717) is 5.56 Å². The van der Waals surface area contributed by atoms with Crippen molar-refractivity contribution in [3.63, 3.8) is 0 Å². The first-order valence-corrected chi connectivity index (χ1v) is 4.00. The minimum atomic E-state index is -0.984. The second-order valence-electron chi connectivity index (χ2n) is 2.02. The van der Waals surface area contributed by atoms with E-state index in [4.69, 9.17) is 10.4 Å². The number of hydrogen-bond donors (Lipinski definition) is 1. The standard InChI is InChI=1S/C8H5NO2S/c9-4-6-3-7(12-5-6)1-2-8(10)11/h1-3,5H,(H,10,11). The van der Waals surface area contributed by atoms with Crippen LogP contribution >= 0.6 is 11.3 Å². The van der Waals surface area contributed by atoms with E-state index in [0.717, 1.165) is 11.0 Å². The van der Waals surface area contributed by atoms with E-state index in [1.165, 1.54) is 17.4 Å². The molecule has 1 rings (SSSR count). The summed E-state index contributed by atoms with van der Waals surface area (Å²) in [6.07, 6.45) is 2.51. The van der Waals surface area contributed by atoms with Gasteiger partial charge in [-0.2, -0.15) is 5.26 Å². The molecule has 1 aromatic rings. The first-order chi connectivity index (χ1) is 5.72. The minimum absolute atomic E-state index is 0.560. The third-order valence-electron chi connectivity index (χ3n) is 1.14. The van der Waals surface area contributed by atoms with Crippen LogP contribution in [0.4, 0.5) is 0 Å². The molecule has 0 spiro atoms. The van der Waals surface area contributed by atoms with E-state index in [2.05, 4.69) is 0 Å². The highest BCUT2D eigenvalue weighted by Crippen LogP contribution is 2.14. The molecule has 0 aliphatic rings. The lowest BCUT2D eigenvalue weighted by atomic mass is 10.3. The second kappa shape index (κ2) is 3.69. The zero-order valence-corrected chi connectivity index (χ0v) is 6.84. The maximum absolute atomic E-state index is 10.1. The van der Waals surface area contributed by atoms with Gasteiger partial charge in [0.2, 0.25) is 0 Å². The van der Waals surface area contributed by atoms with Gasteiger partial charge in [-0.05, 0) is 12.1 Å². The van der Waals surface area contributed by atoms with Crippen LogP contribution in [-0.4, -0.2) is 11.1 Å². The van der Waals surface area contributed by atoms with Crippen molar-refractivity contribution in [3.8, 4) is 6.07 Å². The van der Waals surface area contributed by atoms with Crippen molar-refractivity contribution >= 4 is 23.4 Å². The molecular formula is C8H5NO2S. The molecule has 0 saturated carbocycles. The number of aliphatic carboxylic acids is 1. The summed E-state index contributed by atoms with van der Waals surface area (Å²) in [7, 11) is 0. The Morgan fingerprint density at radius 3 is 3.00 bits per heavy atom. The summed E-state index contributed by atoms with van der Waals surface area (Å²) in [6.45, 7) is 0. The highest BCUT2D eigenvalue weighted by molar-refractivity contribution is 7.11. The molecule has 0 amide bonds. The lowest BCUT2D eigenvalue weighted by molar-refractivity contribution is -0.131. The molecule has 0 fully saturated rings. The molecule has 0 saturated heterocycles. The molecule has 60 valence electrons. The van der Waals surface area contributed by atoms with Gasteiger partial charge in [0.1, 0.15) is 6.07 Å². The smallest absolute Gasteiger partial charge is 0.328 e. The summed E-state index contributed by atoms with van der Waals surface area (Å²) in [5.74, 6) is -0.984. The van der Waals surface area contributed by atoms with Crippen LogP contribution in [0.25, 0.3) is 6.08 Å². The fourth-order valence-electron chi connectivity index (χ4n) is 0.652. The summed E-state index contributed by atoms with van der Waals surface area (Å²) < 4.78 is 0. The topological polar surface area (TPSA) is 61.1 Å². The van der Waals surface area contributed by atoms with Gasteiger partial charge in [-0.15, -0.1) is 11.3 Å². The van der Waals surface area contributed by atoms with Gasteiger partial charge in [0.05, 0.1) is 5.56 Å². The maximum Gasteiger partial charge on any atom is 0.328 e. The minimum Gasteiger partial charge on any atom is -0.478 e. The van der Waals surface area contributed by atoms with E-state index >= 15 is 0 Å². The molecule has 1 heterocycles. The summed E-state index contributed by atoms with van der Waals surface area (Å²) in [5, 5.41) is 18.4. The SMILES string of the molecule is N#Cc1csc(C=CC(=O)O)c1. The number of thiophene rings is 1. The fraction of sp³-hybridized carbons (Fsp3) is 0. The molecule has 0 atom stereocenters. The lowest BCUT2D eigenvalue weighted by Crippen LogP contribution is -1.84. The van der Waals surface area contributed by atoms with E-state index < -0.39 is 5.97 Å². The van der Waals surface area contributed by atoms with Crippen LogP contribution in [0, 0.1) is 11.3 Å². The van der Waals surface area contributed by atoms with E-state index in [1.54, 1.807) is 11.4 Å². The Hall–Kier alpha value is -1.60. The van der Waals surface area contributed by atoms with Crippen molar-refractivity contribution < 1.29 is 9.90 Å². The second-order valence-corrected chi connectivity index (χ2v) is 2.96.